The molecule has 0 radical (unpaired) electrons. The van der Waals surface area contributed by atoms with Gasteiger partial charge in [0.05, 0.1) is 17.9 Å². The molecule has 182 valence electrons. The fourth-order valence-electron chi connectivity index (χ4n) is 4.07. The number of nitrogens with zero attached hydrogens (tertiary/aromatic N) is 3. The highest BCUT2D eigenvalue weighted by molar-refractivity contribution is 8.22. The molecule has 0 amide bonds. The number of esters is 1. The van der Waals surface area contributed by atoms with Crippen molar-refractivity contribution in [3.05, 3.63) is 69.4 Å². The van der Waals surface area contributed by atoms with Gasteiger partial charge in [0.1, 0.15) is 11.3 Å². The minimum Gasteiger partial charge on any atom is -0.505 e. The van der Waals surface area contributed by atoms with Gasteiger partial charge in [0.2, 0.25) is 0 Å². The van der Waals surface area contributed by atoms with Crippen molar-refractivity contribution in [2.24, 2.45) is 0 Å². The van der Waals surface area contributed by atoms with Crippen molar-refractivity contribution in [2.45, 2.75) is 26.3 Å². The summed E-state index contributed by atoms with van der Waals surface area (Å²) in [6.45, 7) is 2.29. The van der Waals surface area contributed by atoms with Crippen molar-refractivity contribution >= 4 is 27.8 Å². The van der Waals surface area contributed by atoms with Crippen LogP contribution >= 0.6 is 10.8 Å². The van der Waals surface area contributed by atoms with Gasteiger partial charge >= 0.3 is 5.97 Å². The lowest BCUT2D eigenvalue weighted by Crippen LogP contribution is -2.33. The molecule has 9 nitrogen and oxygen atoms in total. The fourth-order valence-corrected chi connectivity index (χ4v) is 5.64. The van der Waals surface area contributed by atoms with E-state index in [0.29, 0.717) is 30.5 Å². The van der Waals surface area contributed by atoms with E-state index in [0.717, 1.165) is 5.56 Å². The molecule has 0 unspecified atom stereocenters. The topological polar surface area (TPSA) is 125 Å². The lowest BCUT2D eigenvalue weighted by molar-refractivity contribution is 0.0520. The number of fused-ring (bicyclic) bond motifs is 1. The third-order valence-electron chi connectivity index (χ3n) is 5.75. The smallest absolute Gasteiger partial charge is 0.347 e. The highest BCUT2D eigenvalue weighted by atomic mass is 32.3. The van der Waals surface area contributed by atoms with Gasteiger partial charge in [0.15, 0.2) is 11.3 Å². The maximum Gasteiger partial charge on any atom is 0.347 e. The minimum atomic E-state index is -2.89. The first-order valence-electron chi connectivity index (χ1n) is 10.9. The van der Waals surface area contributed by atoms with Crippen molar-refractivity contribution in [2.75, 3.05) is 25.4 Å². The summed E-state index contributed by atoms with van der Waals surface area (Å²) < 4.78 is 41.5. The van der Waals surface area contributed by atoms with Gasteiger partial charge in [-0.05, 0) is 49.1 Å². The van der Waals surface area contributed by atoms with Crippen LogP contribution in [0.25, 0.3) is 11.0 Å². The predicted octanol–water partition coefficient (Wildman–Crippen LogP) is 3.38. The van der Waals surface area contributed by atoms with Crippen LogP contribution in [0.3, 0.4) is 0 Å². The van der Waals surface area contributed by atoms with Crippen molar-refractivity contribution in [1.82, 2.24) is 13.9 Å². The lowest BCUT2D eigenvalue weighted by Gasteiger charge is -2.36. The monoisotopic (exact) mass is 491 g/mol. The third-order valence-corrected chi connectivity index (χ3v) is 7.78. The second-order valence-electron chi connectivity index (χ2n) is 8.03. The van der Waals surface area contributed by atoms with E-state index in [9.17, 15) is 28.2 Å². The number of carbonyl (C=O) groups excluding carboxylic acids is 1. The van der Waals surface area contributed by atoms with E-state index in [1.807, 2.05) is 0 Å². The Morgan fingerprint density at radius 2 is 1.94 bits per heavy atom. The molecule has 1 aliphatic heterocycles. The third kappa shape index (κ3) is 4.78. The van der Waals surface area contributed by atoms with Crippen molar-refractivity contribution in [1.29, 1.82) is 0 Å². The number of pyridine rings is 2. The summed E-state index contributed by atoms with van der Waals surface area (Å²) in [6.07, 6.45) is 2.56. The van der Waals surface area contributed by atoms with E-state index < -0.39 is 33.6 Å². The Hall–Kier alpha value is -2.99. The molecule has 0 atom stereocenters. The molecule has 1 fully saturated rings. The Morgan fingerprint density at radius 1 is 1.21 bits per heavy atom. The molecular weight excluding hydrogens is 465 g/mol. The largest absolute Gasteiger partial charge is 0.505 e. The second-order valence-corrected chi connectivity index (χ2v) is 10.2. The first-order chi connectivity index (χ1) is 16.2. The van der Waals surface area contributed by atoms with Gasteiger partial charge in [-0.25, -0.2) is 13.5 Å². The molecule has 0 saturated carbocycles. The number of hydrogen-bond acceptors (Lipinski definition) is 8. The summed E-state index contributed by atoms with van der Waals surface area (Å²) in [7, 11) is -2.89. The SMILES string of the molecule is CCOC(=O)c1c(O)c2ncc(Cc3ccc(F)cc3)cc2n(CCN2CCCS2(O)O)c1=O. The Kier molecular flexibility index (Phi) is 6.89. The van der Waals surface area contributed by atoms with Gasteiger partial charge in [0, 0.05) is 25.8 Å². The van der Waals surface area contributed by atoms with Crippen LogP contribution in [0.15, 0.2) is 41.3 Å². The molecule has 34 heavy (non-hydrogen) atoms. The lowest BCUT2D eigenvalue weighted by atomic mass is 10.1. The Bertz CT molecular complexity index is 1280. The molecular formula is C23H26FN3O6S. The fraction of sp³-hybridized carbons (Fsp3) is 0.348. The summed E-state index contributed by atoms with van der Waals surface area (Å²) in [5.74, 6) is -1.59. The zero-order chi connectivity index (χ0) is 24.5. The summed E-state index contributed by atoms with van der Waals surface area (Å²) in [5.41, 5.74) is 0.626. The van der Waals surface area contributed by atoms with Gasteiger partial charge < -0.3 is 14.4 Å². The van der Waals surface area contributed by atoms with Gasteiger partial charge in [-0.1, -0.05) is 12.1 Å². The molecule has 3 N–H and O–H groups in total. The van der Waals surface area contributed by atoms with E-state index in [-0.39, 0.29) is 36.8 Å². The number of aromatic hydroxyl groups is 1. The van der Waals surface area contributed by atoms with Crippen LogP contribution in [0.4, 0.5) is 4.39 Å². The molecule has 11 heteroatoms. The van der Waals surface area contributed by atoms with Gasteiger partial charge in [-0.15, -0.1) is 10.8 Å². The van der Waals surface area contributed by atoms with Gasteiger partial charge in [0.25, 0.3) is 5.56 Å². The first-order valence-corrected chi connectivity index (χ1v) is 12.6. The van der Waals surface area contributed by atoms with Crippen LogP contribution in [0.2, 0.25) is 0 Å². The highest BCUT2D eigenvalue weighted by Crippen LogP contribution is 2.48. The van der Waals surface area contributed by atoms with Crippen LogP contribution in [-0.4, -0.2) is 59.5 Å². The molecule has 3 heterocycles. The zero-order valence-corrected chi connectivity index (χ0v) is 19.4. The normalized spacial score (nSPS) is 16.6. The molecule has 0 aliphatic carbocycles. The summed E-state index contributed by atoms with van der Waals surface area (Å²) in [5, 5.41) is 10.7. The van der Waals surface area contributed by atoms with Crippen molar-refractivity contribution < 1.29 is 28.1 Å². The van der Waals surface area contributed by atoms with Crippen LogP contribution < -0.4 is 5.56 Å². The van der Waals surface area contributed by atoms with Crippen LogP contribution in [-0.2, 0) is 17.7 Å². The molecule has 1 saturated heterocycles. The maximum absolute atomic E-state index is 13.3. The number of benzene rings is 1. The predicted molar refractivity (Wildman–Crippen MR) is 127 cm³/mol. The highest BCUT2D eigenvalue weighted by Gasteiger charge is 2.30. The zero-order valence-electron chi connectivity index (χ0n) is 18.6. The number of aromatic nitrogens is 2. The summed E-state index contributed by atoms with van der Waals surface area (Å²) >= 11 is 0. The maximum atomic E-state index is 13.3. The number of rotatable bonds is 7. The molecule has 3 aromatic rings. The average Bonchev–Trinajstić information content (AvgIpc) is 3.13. The summed E-state index contributed by atoms with van der Waals surface area (Å²) in [6, 6.07) is 7.68. The number of ether oxygens (including phenoxy) is 1. The van der Waals surface area contributed by atoms with Crippen LogP contribution in [0.1, 0.15) is 34.8 Å². The second kappa shape index (κ2) is 9.71. The first kappa shape index (κ1) is 24.1. The van der Waals surface area contributed by atoms with Crippen molar-refractivity contribution in [3.63, 3.8) is 0 Å². The molecule has 4 rings (SSSR count). The standard InChI is InChI=1S/C23H26FN3O6S/c1-2-33-23(30)19-21(28)20-18(13-16(14-25-20)12-15-4-6-17(24)7-5-15)27(22(19)29)10-9-26-8-3-11-34(26,31)32/h4-7,13-14,28,31-32H,2-3,8-12H2,1H3. The van der Waals surface area contributed by atoms with Crippen LogP contribution in [0, 0.1) is 5.82 Å². The molecule has 0 bridgehead atoms. The summed E-state index contributed by atoms with van der Waals surface area (Å²) in [4.78, 5) is 30.0. The van der Waals surface area contributed by atoms with E-state index in [2.05, 4.69) is 4.98 Å². The van der Waals surface area contributed by atoms with E-state index in [1.54, 1.807) is 25.1 Å². The van der Waals surface area contributed by atoms with Gasteiger partial charge in [-0.2, -0.15) is 0 Å². The Labute approximate surface area is 196 Å². The van der Waals surface area contributed by atoms with E-state index >= 15 is 0 Å². The molecule has 1 aromatic carbocycles. The molecule has 1 aliphatic rings. The van der Waals surface area contributed by atoms with E-state index in [4.69, 9.17) is 4.74 Å². The number of hydrogen-bond donors (Lipinski definition) is 3. The quantitative estimate of drug-likeness (QED) is 0.430. The average molecular weight is 492 g/mol. The van der Waals surface area contributed by atoms with Crippen LogP contribution in [0.5, 0.6) is 5.75 Å². The number of carbonyl (C=O) groups is 1. The minimum absolute atomic E-state index is 0.0223. The molecule has 2 aromatic heterocycles. The van der Waals surface area contributed by atoms with Crippen molar-refractivity contribution in [3.8, 4) is 5.75 Å². The Balaban J connectivity index is 1.79. The Morgan fingerprint density at radius 3 is 2.59 bits per heavy atom. The van der Waals surface area contributed by atoms with Gasteiger partial charge in [-0.3, -0.25) is 18.9 Å². The molecule has 0 spiro atoms. The number of halogens is 1. The van der Waals surface area contributed by atoms with E-state index in [1.165, 1.54) is 27.2 Å².